The maximum absolute atomic E-state index is 12.0. The van der Waals surface area contributed by atoms with Crippen LogP contribution < -0.4 is 10.6 Å². The summed E-state index contributed by atoms with van der Waals surface area (Å²) in [5, 5.41) is 8.17. The van der Waals surface area contributed by atoms with Crippen LogP contribution in [-0.4, -0.2) is 28.3 Å². The Balaban J connectivity index is 1.48. The molecule has 0 saturated carbocycles. The molecule has 0 aliphatic carbocycles. The number of rotatable bonds is 6. The molecule has 0 saturated heterocycles. The molecule has 0 unspecified atom stereocenters. The molecule has 2 amide bonds. The molecule has 0 aliphatic rings. The number of nitrogens with zero attached hydrogens (tertiary/aromatic N) is 2. The van der Waals surface area contributed by atoms with Crippen LogP contribution in [0.2, 0.25) is 5.02 Å². The molecular formula is C18H15ClN4O2S. The number of thiazole rings is 1. The third kappa shape index (κ3) is 4.65. The predicted molar refractivity (Wildman–Crippen MR) is 102 cm³/mol. The molecule has 6 nitrogen and oxygen atoms in total. The Bertz CT molecular complexity index is 914. The second-order valence-corrected chi connectivity index (χ2v) is 6.57. The third-order valence-electron chi connectivity index (χ3n) is 3.48. The molecule has 2 heterocycles. The third-order valence-corrected chi connectivity index (χ3v) is 4.57. The first-order valence-electron chi connectivity index (χ1n) is 7.82. The number of hydrogen-bond acceptors (Lipinski definition) is 5. The lowest BCUT2D eigenvalue weighted by Gasteiger charge is -2.06. The minimum Gasteiger partial charge on any atom is -0.351 e. The van der Waals surface area contributed by atoms with Crippen LogP contribution in [0.5, 0.6) is 0 Å². The van der Waals surface area contributed by atoms with E-state index in [4.69, 9.17) is 11.6 Å². The zero-order chi connectivity index (χ0) is 18.4. The van der Waals surface area contributed by atoms with Gasteiger partial charge in [-0.25, -0.2) is 4.98 Å². The first kappa shape index (κ1) is 18.0. The zero-order valence-corrected chi connectivity index (χ0v) is 15.2. The van der Waals surface area contributed by atoms with Crippen LogP contribution in [0.3, 0.4) is 0 Å². The number of aromatic nitrogens is 2. The lowest BCUT2D eigenvalue weighted by molar-refractivity contribution is -0.116. The van der Waals surface area contributed by atoms with Gasteiger partial charge in [-0.2, -0.15) is 0 Å². The molecule has 0 bridgehead atoms. The highest BCUT2D eigenvalue weighted by Gasteiger charge is 2.11. The summed E-state index contributed by atoms with van der Waals surface area (Å²) < 4.78 is 0. The minimum absolute atomic E-state index is 0.139. The summed E-state index contributed by atoms with van der Waals surface area (Å²) in [5.74, 6) is -0.530. The molecule has 0 fully saturated rings. The summed E-state index contributed by atoms with van der Waals surface area (Å²) >= 11 is 7.31. The smallest absolute Gasteiger partial charge is 0.252 e. The number of anilines is 1. The molecule has 2 aromatic heterocycles. The molecule has 26 heavy (non-hydrogen) atoms. The van der Waals surface area contributed by atoms with Crippen LogP contribution in [0.25, 0.3) is 11.3 Å². The Morgan fingerprint density at radius 1 is 1.12 bits per heavy atom. The molecular weight excluding hydrogens is 372 g/mol. The van der Waals surface area contributed by atoms with Crippen LogP contribution in [0.15, 0.2) is 54.2 Å². The standard InChI is InChI=1S/C18H15ClN4O2S/c19-14-4-2-1-3-13(14)17(25)21-10-7-16(24)23-18-22-15(11-26-18)12-5-8-20-9-6-12/h1-6,8-9,11H,7,10H2,(H,21,25)(H,22,23,24). The van der Waals surface area contributed by atoms with E-state index < -0.39 is 0 Å². The van der Waals surface area contributed by atoms with Crippen molar-refractivity contribution in [1.29, 1.82) is 0 Å². The normalized spacial score (nSPS) is 10.3. The second kappa shape index (κ2) is 8.55. The van der Waals surface area contributed by atoms with Crippen molar-refractivity contribution in [3.63, 3.8) is 0 Å². The van der Waals surface area contributed by atoms with Crippen molar-refractivity contribution in [2.24, 2.45) is 0 Å². The molecule has 2 N–H and O–H groups in total. The molecule has 0 atom stereocenters. The monoisotopic (exact) mass is 386 g/mol. The summed E-state index contributed by atoms with van der Waals surface area (Å²) in [6.45, 7) is 0.207. The summed E-state index contributed by atoms with van der Waals surface area (Å²) in [4.78, 5) is 32.4. The van der Waals surface area contributed by atoms with Crippen LogP contribution in [-0.2, 0) is 4.79 Å². The number of amides is 2. The topological polar surface area (TPSA) is 84.0 Å². The van der Waals surface area contributed by atoms with Gasteiger partial charge in [-0.1, -0.05) is 23.7 Å². The van der Waals surface area contributed by atoms with Crippen LogP contribution in [0.4, 0.5) is 5.13 Å². The van der Waals surface area contributed by atoms with Crippen LogP contribution in [0.1, 0.15) is 16.8 Å². The highest BCUT2D eigenvalue weighted by molar-refractivity contribution is 7.14. The van der Waals surface area contributed by atoms with Gasteiger partial charge in [0.25, 0.3) is 5.91 Å². The number of halogens is 1. The molecule has 0 aliphatic heterocycles. The first-order chi connectivity index (χ1) is 12.6. The van der Waals surface area contributed by atoms with E-state index >= 15 is 0 Å². The second-order valence-electron chi connectivity index (χ2n) is 5.31. The van der Waals surface area contributed by atoms with Gasteiger partial charge < -0.3 is 10.6 Å². The fourth-order valence-electron chi connectivity index (χ4n) is 2.20. The van der Waals surface area contributed by atoms with Crippen molar-refractivity contribution in [2.45, 2.75) is 6.42 Å². The largest absolute Gasteiger partial charge is 0.351 e. The van der Waals surface area contributed by atoms with E-state index in [0.717, 1.165) is 11.3 Å². The van der Waals surface area contributed by atoms with Gasteiger partial charge in [0.15, 0.2) is 5.13 Å². The van der Waals surface area contributed by atoms with E-state index in [1.54, 1.807) is 36.7 Å². The van der Waals surface area contributed by atoms with E-state index in [9.17, 15) is 9.59 Å². The van der Waals surface area contributed by atoms with Gasteiger partial charge >= 0.3 is 0 Å². The minimum atomic E-state index is -0.308. The van der Waals surface area contributed by atoms with Gasteiger partial charge in [0.05, 0.1) is 16.3 Å². The van der Waals surface area contributed by atoms with E-state index in [-0.39, 0.29) is 24.8 Å². The van der Waals surface area contributed by atoms with Crippen molar-refractivity contribution in [2.75, 3.05) is 11.9 Å². The van der Waals surface area contributed by atoms with Gasteiger partial charge in [0.1, 0.15) is 0 Å². The van der Waals surface area contributed by atoms with E-state index in [1.165, 1.54) is 11.3 Å². The average Bonchev–Trinajstić information content (AvgIpc) is 3.11. The number of nitrogens with one attached hydrogen (secondary N) is 2. The van der Waals surface area contributed by atoms with Crippen molar-refractivity contribution < 1.29 is 9.59 Å². The van der Waals surface area contributed by atoms with Crippen molar-refractivity contribution in [1.82, 2.24) is 15.3 Å². The van der Waals surface area contributed by atoms with Crippen LogP contribution in [0, 0.1) is 0 Å². The fourth-order valence-corrected chi connectivity index (χ4v) is 3.16. The summed E-state index contributed by atoms with van der Waals surface area (Å²) in [6, 6.07) is 10.5. The SMILES string of the molecule is O=C(CCNC(=O)c1ccccc1Cl)Nc1nc(-c2ccncc2)cs1. The Morgan fingerprint density at radius 2 is 1.88 bits per heavy atom. The number of carbonyl (C=O) groups is 2. The lowest BCUT2D eigenvalue weighted by atomic mass is 10.2. The maximum Gasteiger partial charge on any atom is 0.252 e. The molecule has 0 radical (unpaired) electrons. The van der Waals surface area contributed by atoms with Gasteiger partial charge in [-0.3, -0.25) is 14.6 Å². The Kier molecular flexibility index (Phi) is 5.93. The Hall–Kier alpha value is -2.77. The molecule has 0 spiro atoms. The molecule has 132 valence electrons. The van der Waals surface area contributed by atoms with E-state index in [2.05, 4.69) is 20.6 Å². The van der Waals surface area contributed by atoms with Crippen LogP contribution >= 0.6 is 22.9 Å². The summed E-state index contributed by atoms with van der Waals surface area (Å²) in [7, 11) is 0. The first-order valence-corrected chi connectivity index (χ1v) is 9.08. The number of hydrogen-bond donors (Lipinski definition) is 2. The molecule has 8 heteroatoms. The maximum atomic E-state index is 12.0. The highest BCUT2D eigenvalue weighted by Crippen LogP contribution is 2.24. The number of carbonyl (C=O) groups excluding carboxylic acids is 2. The molecule has 3 rings (SSSR count). The number of pyridine rings is 1. The Morgan fingerprint density at radius 3 is 2.65 bits per heavy atom. The van der Waals surface area contributed by atoms with Crippen molar-refractivity contribution in [3.05, 3.63) is 64.8 Å². The predicted octanol–water partition coefficient (Wildman–Crippen LogP) is 3.62. The summed E-state index contributed by atoms with van der Waals surface area (Å²) in [6.07, 6.45) is 3.52. The quantitative estimate of drug-likeness (QED) is 0.677. The van der Waals surface area contributed by atoms with Gasteiger partial charge in [0, 0.05) is 36.3 Å². The molecule has 1 aromatic carbocycles. The number of benzene rings is 1. The molecule has 3 aromatic rings. The van der Waals surface area contributed by atoms with E-state index in [0.29, 0.717) is 15.7 Å². The van der Waals surface area contributed by atoms with E-state index in [1.807, 2.05) is 17.5 Å². The highest BCUT2D eigenvalue weighted by atomic mass is 35.5. The Labute approximate surface area is 159 Å². The average molecular weight is 387 g/mol. The fraction of sp³-hybridized carbons (Fsp3) is 0.111. The summed E-state index contributed by atoms with van der Waals surface area (Å²) in [5.41, 5.74) is 2.10. The van der Waals surface area contributed by atoms with Crippen molar-refractivity contribution >= 4 is 39.9 Å². The zero-order valence-electron chi connectivity index (χ0n) is 13.6. The lowest BCUT2D eigenvalue weighted by Crippen LogP contribution is -2.27. The van der Waals surface area contributed by atoms with Crippen molar-refractivity contribution in [3.8, 4) is 11.3 Å². The van der Waals surface area contributed by atoms with Gasteiger partial charge in [-0.15, -0.1) is 11.3 Å². The van der Waals surface area contributed by atoms with Gasteiger partial charge in [0.2, 0.25) is 5.91 Å². The van der Waals surface area contributed by atoms with Gasteiger partial charge in [-0.05, 0) is 24.3 Å².